The molecule has 2 rings (SSSR count). The summed E-state index contributed by atoms with van der Waals surface area (Å²) in [6.45, 7) is 13.6. The minimum atomic E-state index is -0.440. The van der Waals surface area contributed by atoms with Crippen LogP contribution in [0.25, 0.3) is 0 Å². The van der Waals surface area contributed by atoms with Crippen LogP contribution in [0.15, 0.2) is 0 Å². The van der Waals surface area contributed by atoms with Crippen molar-refractivity contribution in [1.82, 2.24) is 14.7 Å². The molecule has 0 aliphatic carbocycles. The third kappa shape index (κ3) is 5.96. The SMILES string of the molecule is CC(=O)N1CCCN(C[C@H]2CCCN(C(=O)OC(C)(C)C)C2)CC1. The Bertz CT molecular complexity index is 447. The van der Waals surface area contributed by atoms with E-state index in [1.54, 1.807) is 6.92 Å². The Labute approximate surface area is 146 Å². The largest absolute Gasteiger partial charge is 0.444 e. The van der Waals surface area contributed by atoms with Crippen LogP contribution in [0.4, 0.5) is 4.79 Å². The molecule has 0 radical (unpaired) electrons. The molecule has 0 N–H and O–H groups in total. The molecule has 0 spiro atoms. The summed E-state index contributed by atoms with van der Waals surface area (Å²) in [5.41, 5.74) is -0.440. The van der Waals surface area contributed by atoms with E-state index in [1.165, 1.54) is 0 Å². The molecular formula is C18H33N3O3. The molecule has 2 heterocycles. The normalized spacial score (nSPS) is 23.8. The number of nitrogens with zero attached hydrogens (tertiary/aromatic N) is 3. The summed E-state index contributed by atoms with van der Waals surface area (Å²) in [5.74, 6) is 0.667. The molecule has 2 amide bonds. The maximum atomic E-state index is 12.3. The van der Waals surface area contributed by atoms with Crippen molar-refractivity contribution in [2.24, 2.45) is 5.92 Å². The fourth-order valence-corrected chi connectivity index (χ4v) is 3.54. The molecule has 6 heteroatoms. The summed E-state index contributed by atoms with van der Waals surface area (Å²) in [5, 5.41) is 0. The minimum absolute atomic E-state index is 0.172. The van der Waals surface area contributed by atoms with Crippen LogP contribution in [0.5, 0.6) is 0 Å². The lowest BCUT2D eigenvalue weighted by molar-refractivity contribution is -0.128. The first-order chi connectivity index (χ1) is 11.2. The first kappa shape index (κ1) is 19.0. The van der Waals surface area contributed by atoms with Crippen molar-refractivity contribution in [2.75, 3.05) is 45.8 Å². The standard InChI is InChI=1S/C18H33N3O3/c1-15(22)20-10-6-8-19(11-12-20)13-16-7-5-9-21(14-16)17(23)24-18(2,3)4/h16H,5-14H2,1-4H3/t16-/m1/s1. The summed E-state index contributed by atoms with van der Waals surface area (Å²) in [6.07, 6.45) is 3.04. The van der Waals surface area contributed by atoms with Gasteiger partial charge in [-0.15, -0.1) is 0 Å². The number of piperidine rings is 1. The van der Waals surface area contributed by atoms with Gasteiger partial charge >= 0.3 is 6.09 Å². The molecule has 2 aliphatic heterocycles. The average molecular weight is 339 g/mol. The molecule has 2 fully saturated rings. The third-order valence-corrected chi connectivity index (χ3v) is 4.72. The van der Waals surface area contributed by atoms with Crippen LogP contribution in [0, 0.1) is 5.92 Å². The van der Waals surface area contributed by atoms with Crippen molar-refractivity contribution >= 4 is 12.0 Å². The highest BCUT2D eigenvalue weighted by atomic mass is 16.6. The molecule has 0 saturated carbocycles. The van der Waals surface area contributed by atoms with Crippen LogP contribution in [0.1, 0.15) is 47.0 Å². The first-order valence-corrected chi connectivity index (χ1v) is 9.20. The van der Waals surface area contributed by atoms with Gasteiger partial charge in [-0.05, 0) is 52.5 Å². The van der Waals surface area contributed by atoms with Gasteiger partial charge in [0.1, 0.15) is 5.60 Å². The van der Waals surface area contributed by atoms with Gasteiger partial charge in [-0.3, -0.25) is 4.79 Å². The van der Waals surface area contributed by atoms with E-state index >= 15 is 0 Å². The number of ether oxygens (including phenoxy) is 1. The van der Waals surface area contributed by atoms with E-state index in [4.69, 9.17) is 4.74 Å². The molecule has 6 nitrogen and oxygen atoms in total. The van der Waals surface area contributed by atoms with Gasteiger partial charge in [0.05, 0.1) is 0 Å². The number of carbonyl (C=O) groups excluding carboxylic acids is 2. The summed E-state index contributed by atoms with van der Waals surface area (Å²) >= 11 is 0. The molecular weight excluding hydrogens is 306 g/mol. The highest BCUT2D eigenvalue weighted by molar-refractivity contribution is 5.73. The van der Waals surface area contributed by atoms with E-state index in [0.717, 1.165) is 65.1 Å². The van der Waals surface area contributed by atoms with Crippen molar-refractivity contribution in [3.8, 4) is 0 Å². The minimum Gasteiger partial charge on any atom is -0.444 e. The summed E-state index contributed by atoms with van der Waals surface area (Å²) in [7, 11) is 0. The van der Waals surface area contributed by atoms with Crippen molar-refractivity contribution in [1.29, 1.82) is 0 Å². The molecule has 0 unspecified atom stereocenters. The maximum absolute atomic E-state index is 12.3. The number of rotatable bonds is 2. The van der Waals surface area contributed by atoms with Gasteiger partial charge in [-0.25, -0.2) is 4.79 Å². The van der Waals surface area contributed by atoms with E-state index in [2.05, 4.69) is 4.90 Å². The Kier molecular flexibility index (Phi) is 6.49. The summed E-state index contributed by atoms with van der Waals surface area (Å²) < 4.78 is 5.51. The summed E-state index contributed by atoms with van der Waals surface area (Å²) in [4.78, 5) is 30.0. The number of hydrogen-bond acceptors (Lipinski definition) is 4. The Hall–Kier alpha value is -1.30. The molecule has 0 aromatic carbocycles. The fraction of sp³-hybridized carbons (Fsp3) is 0.889. The molecule has 0 bridgehead atoms. The molecule has 0 aromatic rings. The van der Waals surface area contributed by atoms with Crippen LogP contribution in [0.3, 0.4) is 0 Å². The van der Waals surface area contributed by atoms with Gasteiger partial charge in [0.25, 0.3) is 0 Å². The van der Waals surface area contributed by atoms with Crippen LogP contribution in [-0.2, 0) is 9.53 Å². The molecule has 2 saturated heterocycles. The number of amides is 2. The van der Waals surface area contributed by atoms with Gasteiger partial charge in [0.15, 0.2) is 0 Å². The monoisotopic (exact) mass is 339 g/mol. The van der Waals surface area contributed by atoms with Gasteiger partial charge < -0.3 is 19.4 Å². The molecule has 24 heavy (non-hydrogen) atoms. The number of likely N-dealkylation sites (tertiary alicyclic amines) is 1. The zero-order chi connectivity index (χ0) is 17.7. The maximum Gasteiger partial charge on any atom is 0.410 e. The molecule has 2 aliphatic rings. The first-order valence-electron chi connectivity index (χ1n) is 9.20. The van der Waals surface area contributed by atoms with Gasteiger partial charge in [0.2, 0.25) is 5.91 Å². The van der Waals surface area contributed by atoms with Gasteiger partial charge in [0, 0.05) is 46.2 Å². The fourth-order valence-electron chi connectivity index (χ4n) is 3.54. The zero-order valence-electron chi connectivity index (χ0n) is 15.7. The highest BCUT2D eigenvalue weighted by Crippen LogP contribution is 2.21. The van der Waals surface area contributed by atoms with E-state index in [-0.39, 0.29) is 12.0 Å². The van der Waals surface area contributed by atoms with Gasteiger partial charge in [-0.1, -0.05) is 0 Å². The van der Waals surface area contributed by atoms with Crippen LogP contribution in [-0.4, -0.2) is 78.1 Å². The van der Waals surface area contributed by atoms with Crippen molar-refractivity contribution in [2.45, 2.75) is 52.6 Å². The predicted octanol–water partition coefficient (Wildman–Crippen LogP) is 2.19. The molecule has 138 valence electrons. The zero-order valence-corrected chi connectivity index (χ0v) is 15.7. The Morgan fingerprint density at radius 1 is 1.00 bits per heavy atom. The lowest BCUT2D eigenvalue weighted by Gasteiger charge is -2.36. The number of carbonyl (C=O) groups is 2. The van der Waals surface area contributed by atoms with Crippen LogP contribution < -0.4 is 0 Å². The topological polar surface area (TPSA) is 53.1 Å². The molecule has 0 aromatic heterocycles. The van der Waals surface area contributed by atoms with E-state index < -0.39 is 5.60 Å². The molecule has 1 atom stereocenters. The second-order valence-electron chi connectivity index (χ2n) is 8.09. The highest BCUT2D eigenvalue weighted by Gasteiger charge is 2.29. The van der Waals surface area contributed by atoms with E-state index in [1.807, 2.05) is 30.6 Å². The Morgan fingerprint density at radius 2 is 1.71 bits per heavy atom. The third-order valence-electron chi connectivity index (χ3n) is 4.72. The lowest BCUT2D eigenvalue weighted by atomic mass is 9.97. The van der Waals surface area contributed by atoms with Crippen LogP contribution >= 0.6 is 0 Å². The number of hydrogen-bond donors (Lipinski definition) is 0. The lowest BCUT2D eigenvalue weighted by Crippen LogP contribution is -2.46. The van der Waals surface area contributed by atoms with Crippen molar-refractivity contribution in [3.63, 3.8) is 0 Å². The average Bonchev–Trinajstić information content (AvgIpc) is 2.71. The second-order valence-corrected chi connectivity index (χ2v) is 8.09. The van der Waals surface area contributed by atoms with Gasteiger partial charge in [-0.2, -0.15) is 0 Å². The van der Waals surface area contributed by atoms with Crippen molar-refractivity contribution in [3.05, 3.63) is 0 Å². The van der Waals surface area contributed by atoms with E-state index in [0.29, 0.717) is 5.92 Å². The smallest absolute Gasteiger partial charge is 0.410 e. The van der Waals surface area contributed by atoms with Crippen LogP contribution in [0.2, 0.25) is 0 Å². The summed E-state index contributed by atoms with van der Waals surface area (Å²) in [6, 6.07) is 0. The Morgan fingerprint density at radius 3 is 2.38 bits per heavy atom. The Balaban J connectivity index is 1.82. The van der Waals surface area contributed by atoms with Crippen molar-refractivity contribution < 1.29 is 14.3 Å². The quantitative estimate of drug-likeness (QED) is 0.774. The second kappa shape index (κ2) is 8.19. The predicted molar refractivity (Wildman–Crippen MR) is 93.8 cm³/mol. The van der Waals surface area contributed by atoms with E-state index in [9.17, 15) is 9.59 Å².